The van der Waals surface area contributed by atoms with Gasteiger partial charge < -0.3 is 0 Å². The van der Waals surface area contributed by atoms with Gasteiger partial charge in [-0.05, 0) is 23.3 Å². The summed E-state index contributed by atoms with van der Waals surface area (Å²) in [5.41, 5.74) is 3.00. The molecule has 2 aromatic carbocycles. The zero-order chi connectivity index (χ0) is 15.6. The van der Waals surface area contributed by atoms with Gasteiger partial charge in [-0.3, -0.25) is 4.98 Å². The highest BCUT2D eigenvalue weighted by Gasteiger charge is 2.16. The number of benzene rings is 2. The standard InChI is InChI=1S/C17H14N2O2S/c18-22(20,21)17-11-14(15-7-4-10-19-12-15)8-9-16(17)13-5-2-1-3-6-13/h1-12H,(H2,18,20,21). The number of primary sulfonamides is 1. The van der Waals surface area contributed by atoms with Crippen LogP contribution in [-0.2, 0) is 10.0 Å². The largest absolute Gasteiger partial charge is 0.264 e. The maximum Gasteiger partial charge on any atom is 0.238 e. The van der Waals surface area contributed by atoms with Crippen LogP contribution in [0.1, 0.15) is 0 Å². The molecule has 0 spiro atoms. The number of pyridine rings is 1. The first-order valence-electron chi connectivity index (χ1n) is 6.68. The number of nitrogens with two attached hydrogens (primary N) is 1. The van der Waals surface area contributed by atoms with Crippen LogP contribution in [0.2, 0.25) is 0 Å². The fourth-order valence-electron chi connectivity index (χ4n) is 2.33. The Morgan fingerprint density at radius 3 is 2.18 bits per heavy atom. The van der Waals surface area contributed by atoms with Crippen LogP contribution >= 0.6 is 0 Å². The molecule has 1 aromatic heterocycles. The predicted molar refractivity (Wildman–Crippen MR) is 86.5 cm³/mol. The van der Waals surface area contributed by atoms with E-state index >= 15 is 0 Å². The first-order chi connectivity index (χ1) is 10.6. The summed E-state index contributed by atoms with van der Waals surface area (Å²) in [6.07, 6.45) is 3.35. The summed E-state index contributed by atoms with van der Waals surface area (Å²) in [5, 5.41) is 5.40. The van der Waals surface area contributed by atoms with Crippen LogP contribution in [0.4, 0.5) is 0 Å². The van der Waals surface area contributed by atoms with Gasteiger partial charge in [-0.25, -0.2) is 13.6 Å². The van der Waals surface area contributed by atoms with Crippen molar-refractivity contribution in [3.63, 3.8) is 0 Å². The minimum Gasteiger partial charge on any atom is -0.264 e. The molecule has 0 unspecified atom stereocenters. The van der Waals surface area contributed by atoms with Crippen molar-refractivity contribution < 1.29 is 8.42 Å². The van der Waals surface area contributed by atoms with Gasteiger partial charge in [-0.2, -0.15) is 0 Å². The third-order valence-electron chi connectivity index (χ3n) is 3.37. The predicted octanol–water partition coefficient (Wildman–Crippen LogP) is 3.06. The van der Waals surface area contributed by atoms with Crippen molar-refractivity contribution in [2.45, 2.75) is 4.90 Å². The van der Waals surface area contributed by atoms with E-state index in [9.17, 15) is 8.42 Å². The van der Waals surface area contributed by atoms with Gasteiger partial charge in [-0.15, -0.1) is 0 Å². The average molecular weight is 310 g/mol. The molecular weight excluding hydrogens is 296 g/mol. The van der Waals surface area contributed by atoms with E-state index < -0.39 is 10.0 Å². The first-order valence-corrected chi connectivity index (χ1v) is 8.23. The van der Waals surface area contributed by atoms with E-state index in [0.29, 0.717) is 5.56 Å². The lowest BCUT2D eigenvalue weighted by Crippen LogP contribution is -2.13. The Labute approximate surface area is 129 Å². The van der Waals surface area contributed by atoms with E-state index in [-0.39, 0.29) is 4.90 Å². The Hall–Kier alpha value is -2.50. The van der Waals surface area contributed by atoms with Crippen LogP contribution < -0.4 is 5.14 Å². The van der Waals surface area contributed by atoms with Crippen molar-refractivity contribution in [3.8, 4) is 22.3 Å². The van der Waals surface area contributed by atoms with Gasteiger partial charge in [0.15, 0.2) is 0 Å². The monoisotopic (exact) mass is 310 g/mol. The molecule has 5 heteroatoms. The molecule has 0 amide bonds. The molecule has 4 nitrogen and oxygen atoms in total. The number of rotatable bonds is 3. The minimum absolute atomic E-state index is 0.111. The quantitative estimate of drug-likeness (QED) is 0.808. The van der Waals surface area contributed by atoms with Gasteiger partial charge in [0.1, 0.15) is 0 Å². The Kier molecular flexibility index (Phi) is 3.75. The molecule has 110 valence electrons. The number of aromatic nitrogens is 1. The third-order valence-corrected chi connectivity index (χ3v) is 4.32. The van der Waals surface area contributed by atoms with Crippen LogP contribution in [-0.4, -0.2) is 13.4 Å². The van der Waals surface area contributed by atoms with E-state index in [2.05, 4.69) is 4.98 Å². The lowest BCUT2D eigenvalue weighted by molar-refractivity contribution is 0.598. The highest BCUT2D eigenvalue weighted by Crippen LogP contribution is 2.30. The van der Waals surface area contributed by atoms with Crippen molar-refractivity contribution in [1.29, 1.82) is 0 Å². The van der Waals surface area contributed by atoms with Gasteiger partial charge in [-0.1, -0.05) is 48.5 Å². The van der Waals surface area contributed by atoms with Crippen LogP contribution in [0.5, 0.6) is 0 Å². The molecular formula is C17H14N2O2S. The number of sulfonamides is 1. The maximum atomic E-state index is 12.0. The van der Waals surface area contributed by atoms with Gasteiger partial charge in [0, 0.05) is 23.5 Å². The molecule has 1 heterocycles. The molecule has 0 saturated carbocycles. The summed E-state index contributed by atoms with van der Waals surface area (Å²) in [6, 6.07) is 18.2. The summed E-state index contributed by atoms with van der Waals surface area (Å²) in [6.45, 7) is 0. The molecule has 0 radical (unpaired) electrons. The lowest BCUT2D eigenvalue weighted by atomic mass is 10.0. The zero-order valence-electron chi connectivity index (χ0n) is 11.7. The Bertz CT molecular complexity index is 892. The Morgan fingerprint density at radius 2 is 1.55 bits per heavy atom. The summed E-state index contributed by atoms with van der Waals surface area (Å²) >= 11 is 0. The van der Waals surface area contributed by atoms with Crippen LogP contribution in [0.25, 0.3) is 22.3 Å². The van der Waals surface area contributed by atoms with E-state index in [1.807, 2.05) is 42.5 Å². The second-order valence-corrected chi connectivity index (χ2v) is 6.39. The van der Waals surface area contributed by atoms with Gasteiger partial charge in [0.05, 0.1) is 4.90 Å². The molecule has 0 fully saturated rings. The fraction of sp³-hybridized carbons (Fsp3) is 0. The molecule has 22 heavy (non-hydrogen) atoms. The van der Waals surface area contributed by atoms with Gasteiger partial charge >= 0.3 is 0 Å². The molecule has 0 aliphatic rings. The SMILES string of the molecule is NS(=O)(=O)c1cc(-c2cccnc2)ccc1-c1ccccc1. The topological polar surface area (TPSA) is 73.1 Å². The summed E-state index contributed by atoms with van der Waals surface area (Å²) in [4.78, 5) is 4.16. The van der Waals surface area contributed by atoms with E-state index in [1.165, 1.54) is 0 Å². The van der Waals surface area contributed by atoms with Crippen molar-refractivity contribution in [1.82, 2.24) is 4.98 Å². The molecule has 0 aliphatic heterocycles. The molecule has 0 saturated heterocycles. The van der Waals surface area contributed by atoms with Crippen LogP contribution in [0.3, 0.4) is 0 Å². The van der Waals surface area contributed by atoms with Gasteiger partial charge in [0.2, 0.25) is 10.0 Å². The first kappa shape index (κ1) is 14.4. The molecule has 0 bridgehead atoms. The van der Waals surface area contributed by atoms with Crippen LogP contribution in [0, 0.1) is 0 Å². The fourth-order valence-corrected chi connectivity index (χ4v) is 3.11. The average Bonchev–Trinajstić information content (AvgIpc) is 2.55. The molecule has 0 aliphatic carbocycles. The molecule has 3 rings (SSSR count). The van der Waals surface area contributed by atoms with E-state index in [4.69, 9.17) is 5.14 Å². The van der Waals surface area contributed by atoms with Crippen molar-refractivity contribution in [2.75, 3.05) is 0 Å². The lowest BCUT2D eigenvalue weighted by Gasteiger charge is -2.10. The van der Waals surface area contributed by atoms with E-state index in [1.54, 1.807) is 30.6 Å². The summed E-state index contributed by atoms with van der Waals surface area (Å²) < 4.78 is 23.9. The number of hydrogen-bond donors (Lipinski definition) is 1. The third kappa shape index (κ3) is 2.90. The Balaban J connectivity index is 2.22. The Morgan fingerprint density at radius 1 is 0.818 bits per heavy atom. The summed E-state index contributed by atoms with van der Waals surface area (Å²) in [7, 11) is -3.83. The van der Waals surface area contributed by atoms with Crippen molar-refractivity contribution in [2.24, 2.45) is 5.14 Å². The number of nitrogens with zero attached hydrogens (tertiary/aromatic N) is 1. The maximum absolute atomic E-state index is 12.0. The van der Waals surface area contributed by atoms with Crippen molar-refractivity contribution in [3.05, 3.63) is 73.1 Å². The highest BCUT2D eigenvalue weighted by atomic mass is 32.2. The highest BCUT2D eigenvalue weighted by molar-refractivity contribution is 7.89. The van der Waals surface area contributed by atoms with Crippen LogP contribution in [0.15, 0.2) is 78.0 Å². The molecule has 3 aromatic rings. The summed E-state index contributed by atoms with van der Waals surface area (Å²) in [5.74, 6) is 0. The van der Waals surface area contributed by atoms with Crippen molar-refractivity contribution >= 4 is 10.0 Å². The number of hydrogen-bond acceptors (Lipinski definition) is 3. The zero-order valence-corrected chi connectivity index (χ0v) is 12.5. The van der Waals surface area contributed by atoms with E-state index in [0.717, 1.165) is 16.7 Å². The normalized spacial score (nSPS) is 11.3. The second kappa shape index (κ2) is 5.71. The minimum atomic E-state index is -3.83. The second-order valence-electron chi connectivity index (χ2n) is 4.86. The van der Waals surface area contributed by atoms with Gasteiger partial charge in [0.25, 0.3) is 0 Å². The smallest absolute Gasteiger partial charge is 0.238 e. The molecule has 2 N–H and O–H groups in total. The molecule has 0 atom stereocenters.